The maximum Gasteiger partial charge on any atom is 0.231 e. The van der Waals surface area contributed by atoms with Gasteiger partial charge in [-0.05, 0) is 42.5 Å². The Hall–Kier alpha value is -0.910. The summed E-state index contributed by atoms with van der Waals surface area (Å²) in [4.78, 5) is 4.55. The number of fused-ring (bicyclic) bond motifs is 2. The number of halogens is 1. The zero-order valence-corrected chi connectivity index (χ0v) is 12.0. The van der Waals surface area contributed by atoms with Crippen LogP contribution < -0.4 is 5.73 Å². The fourth-order valence-corrected chi connectivity index (χ4v) is 4.22. The van der Waals surface area contributed by atoms with E-state index >= 15 is 0 Å². The van der Waals surface area contributed by atoms with Gasteiger partial charge in [-0.25, -0.2) is 0 Å². The van der Waals surface area contributed by atoms with Crippen LogP contribution in [0.1, 0.15) is 31.1 Å². The Labute approximate surface area is 121 Å². The first-order valence-electron chi connectivity index (χ1n) is 6.44. The van der Waals surface area contributed by atoms with Crippen molar-refractivity contribution < 1.29 is 4.52 Å². The van der Waals surface area contributed by atoms with Crippen LogP contribution >= 0.6 is 23.7 Å². The molecule has 2 heterocycles. The summed E-state index contributed by atoms with van der Waals surface area (Å²) in [5.74, 6) is 3.04. The number of aromatic nitrogens is 2. The van der Waals surface area contributed by atoms with Crippen molar-refractivity contribution in [2.75, 3.05) is 0 Å². The molecule has 0 aromatic carbocycles. The van der Waals surface area contributed by atoms with E-state index in [1.54, 1.807) is 11.3 Å². The van der Waals surface area contributed by atoms with Crippen molar-refractivity contribution >= 4 is 23.7 Å². The lowest BCUT2D eigenvalue weighted by atomic mass is 9.85. The predicted molar refractivity (Wildman–Crippen MR) is 76.4 cm³/mol. The average Bonchev–Trinajstić information content (AvgIpc) is 3.13. The summed E-state index contributed by atoms with van der Waals surface area (Å²) in [6.07, 6.45) is 3.77. The minimum atomic E-state index is 0. The van der Waals surface area contributed by atoms with Gasteiger partial charge < -0.3 is 10.3 Å². The Morgan fingerprint density at radius 1 is 1.32 bits per heavy atom. The molecule has 4 unspecified atom stereocenters. The first kappa shape index (κ1) is 13.1. The molecular formula is C13H16ClN3OS. The highest BCUT2D eigenvalue weighted by Crippen LogP contribution is 2.51. The standard InChI is InChI=1S/C13H15N3OS.ClH/c14-11-8-2-1-7(5-8)10(11)13-15-12(16-17-13)9-3-4-18-6-9;/h3-4,6-8,10-11H,1-2,5,14H2;1H. The summed E-state index contributed by atoms with van der Waals surface area (Å²) in [7, 11) is 0. The van der Waals surface area contributed by atoms with Crippen LogP contribution in [0.3, 0.4) is 0 Å². The second-order valence-corrected chi connectivity index (χ2v) is 6.18. The highest BCUT2D eigenvalue weighted by molar-refractivity contribution is 7.08. The van der Waals surface area contributed by atoms with Gasteiger partial charge >= 0.3 is 0 Å². The first-order chi connectivity index (χ1) is 8.83. The molecule has 102 valence electrons. The molecule has 6 heteroatoms. The second-order valence-electron chi connectivity index (χ2n) is 5.40. The Bertz CT molecular complexity index is 554. The lowest BCUT2D eigenvalue weighted by Gasteiger charge is -2.24. The molecule has 4 rings (SSSR count). The van der Waals surface area contributed by atoms with E-state index < -0.39 is 0 Å². The first-order valence-corrected chi connectivity index (χ1v) is 7.39. The van der Waals surface area contributed by atoms with Gasteiger partial charge in [0.15, 0.2) is 0 Å². The maximum atomic E-state index is 6.30. The Kier molecular flexibility index (Phi) is 3.37. The highest BCUT2D eigenvalue weighted by atomic mass is 35.5. The molecule has 0 saturated heterocycles. The number of hydrogen-bond acceptors (Lipinski definition) is 5. The van der Waals surface area contributed by atoms with Crippen molar-refractivity contribution in [3.8, 4) is 11.4 Å². The van der Waals surface area contributed by atoms with E-state index in [2.05, 4.69) is 10.1 Å². The van der Waals surface area contributed by atoms with Crippen molar-refractivity contribution in [3.63, 3.8) is 0 Å². The fraction of sp³-hybridized carbons (Fsp3) is 0.538. The van der Waals surface area contributed by atoms with Crippen molar-refractivity contribution in [2.24, 2.45) is 17.6 Å². The molecule has 4 nitrogen and oxygen atoms in total. The van der Waals surface area contributed by atoms with E-state index in [0.717, 1.165) is 11.5 Å². The molecule has 2 aromatic rings. The van der Waals surface area contributed by atoms with Crippen LogP contribution in [0.15, 0.2) is 21.3 Å². The summed E-state index contributed by atoms with van der Waals surface area (Å²) >= 11 is 1.64. The van der Waals surface area contributed by atoms with Crippen molar-refractivity contribution in [1.82, 2.24) is 10.1 Å². The van der Waals surface area contributed by atoms with Gasteiger partial charge in [-0.1, -0.05) is 5.16 Å². The summed E-state index contributed by atoms with van der Waals surface area (Å²) in [5.41, 5.74) is 7.33. The summed E-state index contributed by atoms with van der Waals surface area (Å²) < 4.78 is 5.46. The van der Waals surface area contributed by atoms with E-state index in [-0.39, 0.29) is 24.4 Å². The number of nitrogens with zero attached hydrogens (tertiary/aromatic N) is 2. The van der Waals surface area contributed by atoms with Crippen molar-refractivity contribution in [1.29, 1.82) is 0 Å². The zero-order chi connectivity index (χ0) is 12.1. The predicted octanol–water partition coefficient (Wildman–Crippen LogP) is 3.06. The molecule has 0 spiro atoms. The molecular weight excluding hydrogens is 282 g/mol. The largest absolute Gasteiger partial charge is 0.339 e. The van der Waals surface area contributed by atoms with Crippen LogP contribution in [0.5, 0.6) is 0 Å². The van der Waals surface area contributed by atoms with Crippen LogP contribution in [-0.2, 0) is 0 Å². The van der Waals surface area contributed by atoms with Crippen molar-refractivity contribution in [2.45, 2.75) is 31.2 Å². The lowest BCUT2D eigenvalue weighted by Crippen LogP contribution is -2.34. The molecule has 2 aliphatic rings. The van der Waals surface area contributed by atoms with Gasteiger partial charge in [-0.15, -0.1) is 12.4 Å². The van der Waals surface area contributed by atoms with Gasteiger partial charge in [0.05, 0.1) is 5.92 Å². The SMILES string of the molecule is Cl.NC1C2CCC(C2)C1c1nc(-c2ccsc2)no1. The van der Waals surface area contributed by atoms with Crippen LogP contribution in [0.2, 0.25) is 0 Å². The number of thiophene rings is 1. The lowest BCUT2D eigenvalue weighted by molar-refractivity contribution is 0.279. The smallest absolute Gasteiger partial charge is 0.231 e. The van der Waals surface area contributed by atoms with Gasteiger partial charge in [0.25, 0.3) is 0 Å². The molecule has 2 aromatic heterocycles. The van der Waals surface area contributed by atoms with Crippen LogP contribution in [0.4, 0.5) is 0 Å². The summed E-state index contributed by atoms with van der Waals surface area (Å²) in [6.45, 7) is 0. The Morgan fingerprint density at radius 2 is 2.16 bits per heavy atom. The van der Waals surface area contributed by atoms with Crippen molar-refractivity contribution in [3.05, 3.63) is 22.7 Å². The topological polar surface area (TPSA) is 64.9 Å². The van der Waals surface area contributed by atoms with Gasteiger partial charge in [0.1, 0.15) is 0 Å². The molecule has 2 aliphatic carbocycles. The van der Waals surface area contributed by atoms with Gasteiger partial charge in [-0.2, -0.15) is 16.3 Å². The fourth-order valence-electron chi connectivity index (χ4n) is 3.58. The zero-order valence-electron chi connectivity index (χ0n) is 10.4. The van der Waals surface area contributed by atoms with Crippen LogP contribution in [0.25, 0.3) is 11.4 Å². The third-order valence-corrected chi connectivity index (χ3v) is 5.17. The molecule has 2 N–H and O–H groups in total. The third kappa shape index (κ3) is 2.00. The molecule has 0 amide bonds. The minimum Gasteiger partial charge on any atom is -0.339 e. The molecule has 2 saturated carbocycles. The van der Waals surface area contributed by atoms with Gasteiger partial charge in [0, 0.05) is 17.0 Å². The maximum absolute atomic E-state index is 6.30. The molecule has 2 bridgehead atoms. The Morgan fingerprint density at radius 3 is 2.84 bits per heavy atom. The third-order valence-electron chi connectivity index (χ3n) is 4.49. The molecule has 4 atom stereocenters. The normalized spacial score (nSPS) is 32.5. The van der Waals surface area contributed by atoms with Gasteiger partial charge in [0.2, 0.25) is 11.7 Å². The van der Waals surface area contributed by atoms with Gasteiger partial charge in [-0.3, -0.25) is 0 Å². The molecule has 0 radical (unpaired) electrons. The van der Waals surface area contributed by atoms with Crippen LogP contribution in [0, 0.1) is 11.8 Å². The highest BCUT2D eigenvalue weighted by Gasteiger charge is 2.48. The minimum absolute atomic E-state index is 0. The summed E-state index contributed by atoms with van der Waals surface area (Å²) in [6, 6.07) is 2.22. The van der Waals surface area contributed by atoms with E-state index in [1.807, 2.05) is 16.8 Å². The summed E-state index contributed by atoms with van der Waals surface area (Å²) in [5, 5.41) is 8.15. The van der Waals surface area contributed by atoms with E-state index in [4.69, 9.17) is 10.3 Å². The van der Waals surface area contributed by atoms with Crippen LogP contribution in [-0.4, -0.2) is 16.2 Å². The number of nitrogens with two attached hydrogens (primary N) is 1. The second kappa shape index (κ2) is 4.89. The average molecular weight is 298 g/mol. The number of hydrogen-bond donors (Lipinski definition) is 1. The van der Waals surface area contributed by atoms with E-state index in [9.17, 15) is 0 Å². The monoisotopic (exact) mass is 297 g/mol. The Balaban J connectivity index is 0.00000110. The molecule has 2 fully saturated rings. The molecule has 0 aliphatic heterocycles. The van der Waals surface area contributed by atoms with E-state index in [0.29, 0.717) is 17.7 Å². The number of rotatable bonds is 2. The van der Waals surface area contributed by atoms with E-state index in [1.165, 1.54) is 19.3 Å². The molecule has 19 heavy (non-hydrogen) atoms. The quantitative estimate of drug-likeness (QED) is 0.925.